The molecule has 0 spiro atoms. The topological polar surface area (TPSA) is 48.0 Å². The number of fused-ring (bicyclic) bond motifs is 2. The fourth-order valence-electron chi connectivity index (χ4n) is 3.75. The lowest BCUT2D eigenvalue weighted by Gasteiger charge is -2.37. The van der Waals surface area contributed by atoms with Crippen molar-refractivity contribution in [2.75, 3.05) is 30.5 Å². The Hall–Kier alpha value is -3.12. The lowest BCUT2D eigenvalue weighted by Crippen LogP contribution is -2.42. The van der Waals surface area contributed by atoms with Crippen molar-refractivity contribution in [2.45, 2.75) is 10.9 Å². The standard InChI is InChI=1S/C24H21NO4S/c26-24(16-30-18-10-11-22-23(14-18)28-13-12-27-22)25-19-8-4-5-9-21(19)29-15-20(25)17-6-2-1-3-7-17/h1-11,14,20H,12-13,15-16H2/t20-/m1/s1. The molecule has 3 aromatic rings. The molecule has 2 aliphatic heterocycles. The van der Waals surface area contributed by atoms with Gasteiger partial charge in [0.2, 0.25) is 5.91 Å². The SMILES string of the molecule is O=C(CSc1ccc2c(c1)OCCO2)N1c2ccccc2OC[C@@H]1c1ccccc1. The van der Waals surface area contributed by atoms with E-state index in [2.05, 4.69) is 0 Å². The number of ether oxygens (including phenoxy) is 3. The second kappa shape index (κ2) is 8.32. The molecule has 3 aromatic carbocycles. The zero-order chi connectivity index (χ0) is 20.3. The molecule has 0 bridgehead atoms. The average molecular weight is 420 g/mol. The lowest BCUT2D eigenvalue weighted by molar-refractivity contribution is -0.117. The quantitative estimate of drug-likeness (QED) is 0.573. The molecule has 5 rings (SSSR count). The van der Waals surface area contributed by atoms with Crippen LogP contribution in [0.2, 0.25) is 0 Å². The van der Waals surface area contributed by atoms with Crippen LogP contribution in [0, 0.1) is 0 Å². The molecule has 1 atom stereocenters. The van der Waals surface area contributed by atoms with Gasteiger partial charge >= 0.3 is 0 Å². The molecule has 5 nitrogen and oxygen atoms in total. The van der Waals surface area contributed by atoms with E-state index < -0.39 is 0 Å². The first kappa shape index (κ1) is 18.9. The van der Waals surface area contributed by atoms with Gasteiger partial charge in [-0.3, -0.25) is 9.69 Å². The number of nitrogens with zero attached hydrogens (tertiary/aromatic N) is 1. The molecule has 2 heterocycles. The van der Waals surface area contributed by atoms with E-state index in [9.17, 15) is 4.79 Å². The first-order valence-corrected chi connectivity index (χ1v) is 10.9. The number of carbonyl (C=O) groups is 1. The Morgan fingerprint density at radius 1 is 0.867 bits per heavy atom. The van der Waals surface area contributed by atoms with Crippen molar-refractivity contribution in [2.24, 2.45) is 0 Å². The third-order valence-electron chi connectivity index (χ3n) is 5.16. The van der Waals surface area contributed by atoms with Gasteiger partial charge in [0.25, 0.3) is 0 Å². The van der Waals surface area contributed by atoms with Crippen LogP contribution in [0.4, 0.5) is 5.69 Å². The number of para-hydroxylation sites is 2. The largest absolute Gasteiger partial charge is 0.489 e. The zero-order valence-corrected chi connectivity index (χ0v) is 17.1. The van der Waals surface area contributed by atoms with E-state index in [1.807, 2.05) is 77.7 Å². The van der Waals surface area contributed by atoms with E-state index in [1.54, 1.807) is 0 Å². The van der Waals surface area contributed by atoms with E-state index in [0.717, 1.165) is 33.4 Å². The maximum absolute atomic E-state index is 13.4. The van der Waals surface area contributed by atoms with Crippen LogP contribution in [0.25, 0.3) is 0 Å². The Balaban J connectivity index is 1.39. The summed E-state index contributed by atoms with van der Waals surface area (Å²) in [7, 11) is 0. The van der Waals surface area contributed by atoms with E-state index >= 15 is 0 Å². The predicted octanol–water partition coefficient (Wildman–Crippen LogP) is 4.72. The van der Waals surface area contributed by atoms with Crippen LogP contribution >= 0.6 is 11.8 Å². The van der Waals surface area contributed by atoms with Gasteiger partial charge in [-0.05, 0) is 35.9 Å². The van der Waals surface area contributed by atoms with Crippen molar-refractivity contribution in [1.82, 2.24) is 0 Å². The molecule has 6 heteroatoms. The van der Waals surface area contributed by atoms with Crippen molar-refractivity contribution in [3.63, 3.8) is 0 Å². The molecule has 30 heavy (non-hydrogen) atoms. The molecule has 0 saturated carbocycles. The van der Waals surface area contributed by atoms with E-state index in [-0.39, 0.29) is 11.9 Å². The Kier molecular flexibility index (Phi) is 5.24. The minimum Gasteiger partial charge on any atom is -0.489 e. The summed E-state index contributed by atoms with van der Waals surface area (Å²) in [6.45, 7) is 1.54. The van der Waals surface area contributed by atoms with Gasteiger partial charge in [0, 0.05) is 4.90 Å². The average Bonchev–Trinajstić information content (AvgIpc) is 2.82. The molecule has 0 unspecified atom stereocenters. The first-order chi connectivity index (χ1) is 14.8. The minimum atomic E-state index is -0.158. The van der Waals surface area contributed by atoms with Crippen LogP contribution in [0.1, 0.15) is 11.6 Å². The number of thioether (sulfide) groups is 1. The number of anilines is 1. The van der Waals surface area contributed by atoms with Crippen molar-refractivity contribution in [3.8, 4) is 17.2 Å². The molecule has 1 amide bonds. The second-order valence-corrected chi connectivity index (χ2v) is 8.11. The summed E-state index contributed by atoms with van der Waals surface area (Å²) >= 11 is 1.50. The predicted molar refractivity (Wildman–Crippen MR) is 117 cm³/mol. The highest BCUT2D eigenvalue weighted by molar-refractivity contribution is 8.00. The van der Waals surface area contributed by atoms with Crippen LogP contribution in [0.3, 0.4) is 0 Å². The van der Waals surface area contributed by atoms with Crippen molar-refractivity contribution >= 4 is 23.4 Å². The highest BCUT2D eigenvalue weighted by Gasteiger charge is 2.33. The number of hydrogen-bond acceptors (Lipinski definition) is 5. The van der Waals surface area contributed by atoms with Gasteiger partial charge < -0.3 is 14.2 Å². The maximum Gasteiger partial charge on any atom is 0.238 e. The van der Waals surface area contributed by atoms with Gasteiger partial charge in [0.15, 0.2) is 11.5 Å². The van der Waals surface area contributed by atoms with Gasteiger partial charge in [0.05, 0.1) is 17.5 Å². The Morgan fingerprint density at radius 2 is 1.63 bits per heavy atom. The molecule has 0 saturated heterocycles. The minimum absolute atomic E-state index is 0.0412. The molecule has 0 aromatic heterocycles. The van der Waals surface area contributed by atoms with Crippen molar-refractivity contribution < 1.29 is 19.0 Å². The lowest BCUT2D eigenvalue weighted by atomic mass is 10.0. The summed E-state index contributed by atoms with van der Waals surface area (Å²) in [6, 6.07) is 23.4. The van der Waals surface area contributed by atoms with Crippen molar-refractivity contribution in [3.05, 3.63) is 78.4 Å². The highest BCUT2D eigenvalue weighted by Crippen LogP contribution is 2.40. The normalized spacial score (nSPS) is 17.1. The molecule has 0 N–H and O–H groups in total. The first-order valence-electron chi connectivity index (χ1n) is 9.91. The molecule has 2 aliphatic rings. The van der Waals surface area contributed by atoms with Crippen LogP contribution in [-0.4, -0.2) is 31.5 Å². The fraction of sp³-hybridized carbons (Fsp3) is 0.208. The monoisotopic (exact) mass is 419 g/mol. The summed E-state index contributed by atoms with van der Waals surface area (Å²) in [5.41, 5.74) is 1.87. The van der Waals surface area contributed by atoms with Crippen LogP contribution in [0.15, 0.2) is 77.7 Å². The summed E-state index contributed by atoms with van der Waals surface area (Å²) < 4.78 is 17.2. The third-order valence-corrected chi connectivity index (χ3v) is 6.14. The van der Waals surface area contributed by atoms with Gasteiger partial charge in [0.1, 0.15) is 25.6 Å². The third kappa shape index (κ3) is 3.71. The summed E-state index contributed by atoms with van der Waals surface area (Å²) in [5.74, 6) is 2.58. The van der Waals surface area contributed by atoms with Crippen LogP contribution < -0.4 is 19.1 Å². The highest BCUT2D eigenvalue weighted by atomic mass is 32.2. The van der Waals surface area contributed by atoms with Crippen LogP contribution in [-0.2, 0) is 4.79 Å². The zero-order valence-electron chi connectivity index (χ0n) is 16.3. The van der Waals surface area contributed by atoms with E-state index in [1.165, 1.54) is 11.8 Å². The molecular formula is C24H21NO4S. The smallest absolute Gasteiger partial charge is 0.238 e. The summed E-state index contributed by atoms with van der Waals surface area (Å²) in [5, 5.41) is 0. The van der Waals surface area contributed by atoms with E-state index in [4.69, 9.17) is 14.2 Å². The molecule has 152 valence electrons. The van der Waals surface area contributed by atoms with Gasteiger partial charge in [-0.25, -0.2) is 0 Å². The van der Waals surface area contributed by atoms with Gasteiger partial charge in [-0.2, -0.15) is 0 Å². The molecule has 0 aliphatic carbocycles. The van der Waals surface area contributed by atoms with Crippen molar-refractivity contribution in [1.29, 1.82) is 0 Å². The van der Waals surface area contributed by atoms with E-state index in [0.29, 0.717) is 25.6 Å². The maximum atomic E-state index is 13.4. The Morgan fingerprint density at radius 3 is 2.50 bits per heavy atom. The Labute approximate surface area is 179 Å². The fourth-order valence-corrected chi connectivity index (χ4v) is 4.53. The second-order valence-electron chi connectivity index (χ2n) is 7.06. The number of hydrogen-bond donors (Lipinski definition) is 0. The number of carbonyl (C=O) groups excluding carboxylic acids is 1. The summed E-state index contributed by atoms with van der Waals surface area (Å²) in [6.07, 6.45) is 0. The number of amides is 1. The van der Waals surface area contributed by atoms with Crippen LogP contribution in [0.5, 0.6) is 17.2 Å². The number of rotatable bonds is 4. The molecular weight excluding hydrogens is 398 g/mol. The summed E-state index contributed by atoms with van der Waals surface area (Å²) in [4.78, 5) is 16.3. The molecule has 0 fully saturated rings. The van der Waals surface area contributed by atoms with Gasteiger partial charge in [-0.1, -0.05) is 42.5 Å². The molecule has 0 radical (unpaired) electrons. The van der Waals surface area contributed by atoms with Gasteiger partial charge in [-0.15, -0.1) is 11.8 Å². The Bertz CT molecular complexity index is 1060. The number of benzene rings is 3.